The van der Waals surface area contributed by atoms with Crippen molar-refractivity contribution in [1.82, 2.24) is 20.6 Å². The van der Waals surface area contributed by atoms with E-state index in [1.54, 1.807) is 0 Å². The third-order valence-corrected chi connectivity index (χ3v) is 1.95. The second-order valence-corrected chi connectivity index (χ2v) is 3.55. The van der Waals surface area contributed by atoms with E-state index in [4.69, 9.17) is 10.5 Å². The molecule has 0 bridgehead atoms. The van der Waals surface area contributed by atoms with E-state index in [1.165, 1.54) is 0 Å². The maximum atomic E-state index is 5.61. The Bertz CT molecular complexity index is 440. The second kappa shape index (κ2) is 4.71. The van der Waals surface area contributed by atoms with E-state index in [0.29, 0.717) is 12.4 Å². The highest BCUT2D eigenvalue weighted by Gasteiger charge is 2.04. The number of nitrogens with two attached hydrogens (primary N) is 1. The molecule has 0 radical (unpaired) electrons. The third kappa shape index (κ3) is 2.54. The van der Waals surface area contributed by atoms with Crippen LogP contribution in [0.1, 0.15) is 6.92 Å². The number of nitrogens with one attached hydrogen (secondary N) is 1. The first kappa shape index (κ1) is 10.6. The van der Waals surface area contributed by atoms with Crippen molar-refractivity contribution in [3.63, 3.8) is 0 Å². The molecule has 1 atom stereocenters. The second-order valence-electron chi connectivity index (χ2n) is 3.55. The number of hydrogen-bond acceptors (Lipinski definition) is 5. The van der Waals surface area contributed by atoms with Crippen molar-refractivity contribution in [3.05, 3.63) is 24.3 Å². The van der Waals surface area contributed by atoms with Gasteiger partial charge in [0.1, 0.15) is 12.4 Å². The first-order valence-electron chi connectivity index (χ1n) is 4.98. The Kier molecular flexibility index (Phi) is 3.11. The summed E-state index contributed by atoms with van der Waals surface area (Å²) in [5, 5.41) is 13.7. The fourth-order valence-corrected chi connectivity index (χ4v) is 1.24. The van der Waals surface area contributed by atoms with Crippen molar-refractivity contribution in [1.29, 1.82) is 0 Å². The molecule has 1 aromatic heterocycles. The van der Waals surface area contributed by atoms with Crippen molar-refractivity contribution in [3.8, 4) is 17.1 Å². The normalized spacial score (nSPS) is 12.4. The van der Waals surface area contributed by atoms with Gasteiger partial charge in [0, 0.05) is 11.6 Å². The monoisotopic (exact) mass is 219 g/mol. The van der Waals surface area contributed by atoms with Crippen LogP contribution in [0, 0.1) is 0 Å². The quantitative estimate of drug-likeness (QED) is 0.785. The van der Waals surface area contributed by atoms with Gasteiger partial charge in [0.15, 0.2) is 0 Å². The summed E-state index contributed by atoms with van der Waals surface area (Å²) >= 11 is 0. The molecule has 0 aliphatic carbocycles. The molecule has 0 amide bonds. The Morgan fingerprint density at radius 2 is 2.38 bits per heavy atom. The van der Waals surface area contributed by atoms with Crippen LogP contribution in [0.25, 0.3) is 11.4 Å². The zero-order valence-electron chi connectivity index (χ0n) is 8.92. The number of H-pyrrole nitrogens is 1. The summed E-state index contributed by atoms with van der Waals surface area (Å²) in [4.78, 5) is 0. The number of rotatable bonds is 4. The molecule has 16 heavy (non-hydrogen) atoms. The maximum Gasteiger partial charge on any atom is 0.204 e. The number of hydrogen-bond donors (Lipinski definition) is 2. The summed E-state index contributed by atoms with van der Waals surface area (Å²) < 4.78 is 5.49. The highest BCUT2D eigenvalue weighted by Crippen LogP contribution is 2.19. The molecule has 1 heterocycles. The van der Waals surface area contributed by atoms with Crippen molar-refractivity contribution in [2.24, 2.45) is 5.73 Å². The molecule has 0 saturated heterocycles. The van der Waals surface area contributed by atoms with Crippen molar-refractivity contribution < 1.29 is 4.74 Å². The fourth-order valence-electron chi connectivity index (χ4n) is 1.24. The summed E-state index contributed by atoms with van der Waals surface area (Å²) in [5.41, 5.74) is 6.47. The number of tetrazole rings is 1. The van der Waals surface area contributed by atoms with Crippen LogP contribution in [0.2, 0.25) is 0 Å². The molecule has 1 aromatic carbocycles. The van der Waals surface area contributed by atoms with Gasteiger partial charge in [-0.2, -0.15) is 5.21 Å². The van der Waals surface area contributed by atoms with Gasteiger partial charge in [-0.15, -0.1) is 10.2 Å². The van der Waals surface area contributed by atoms with Gasteiger partial charge in [0.05, 0.1) is 0 Å². The van der Waals surface area contributed by atoms with Gasteiger partial charge in [-0.25, -0.2) is 0 Å². The molecule has 0 spiro atoms. The van der Waals surface area contributed by atoms with Crippen LogP contribution in [-0.4, -0.2) is 33.3 Å². The lowest BCUT2D eigenvalue weighted by molar-refractivity contribution is 0.296. The van der Waals surface area contributed by atoms with E-state index < -0.39 is 0 Å². The molecule has 0 saturated carbocycles. The van der Waals surface area contributed by atoms with Gasteiger partial charge in [0.25, 0.3) is 0 Å². The topological polar surface area (TPSA) is 89.7 Å². The molecule has 6 heteroatoms. The van der Waals surface area contributed by atoms with Crippen LogP contribution in [0.3, 0.4) is 0 Å². The zero-order valence-corrected chi connectivity index (χ0v) is 8.92. The predicted molar refractivity (Wildman–Crippen MR) is 58.8 cm³/mol. The predicted octanol–water partition coefficient (Wildman–Crippen LogP) is 0.593. The SMILES string of the molecule is CC(N)COc1cccc(-c2nn[nH]n2)c1. The largest absolute Gasteiger partial charge is 0.492 e. The first-order valence-corrected chi connectivity index (χ1v) is 4.98. The number of ether oxygens (including phenoxy) is 1. The van der Waals surface area contributed by atoms with E-state index in [0.717, 1.165) is 11.3 Å². The van der Waals surface area contributed by atoms with Gasteiger partial charge < -0.3 is 10.5 Å². The van der Waals surface area contributed by atoms with Crippen molar-refractivity contribution >= 4 is 0 Å². The van der Waals surface area contributed by atoms with Crippen LogP contribution in [0.4, 0.5) is 0 Å². The lowest BCUT2D eigenvalue weighted by Crippen LogP contribution is -2.23. The van der Waals surface area contributed by atoms with Gasteiger partial charge in [-0.3, -0.25) is 0 Å². The molecular formula is C10H13N5O. The lowest BCUT2D eigenvalue weighted by atomic mass is 10.2. The van der Waals surface area contributed by atoms with Crippen LogP contribution in [0.15, 0.2) is 24.3 Å². The molecule has 2 aromatic rings. The maximum absolute atomic E-state index is 5.61. The summed E-state index contributed by atoms with van der Waals surface area (Å²) in [6.07, 6.45) is 0. The minimum Gasteiger partial charge on any atom is -0.492 e. The molecule has 84 valence electrons. The Morgan fingerprint density at radius 1 is 1.50 bits per heavy atom. The van der Waals surface area contributed by atoms with Gasteiger partial charge in [-0.1, -0.05) is 12.1 Å². The summed E-state index contributed by atoms with van der Waals surface area (Å²) in [6.45, 7) is 2.37. The van der Waals surface area contributed by atoms with Crippen molar-refractivity contribution in [2.75, 3.05) is 6.61 Å². The van der Waals surface area contributed by atoms with E-state index in [1.807, 2.05) is 31.2 Å². The molecule has 6 nitrogen and oxygen atoms in total. The van der Waals surface area contributed by atoms with Crippen LogP contribution in [0.5, 0.6) is 5.75 Å². The molecule has 0 aliphatic rings. The van der Waals surface area contributed by atoms with Crippen LogP contribution >= 0.6 is 0 Å². The smallest absolute Gasteiger partial charge is 0.204 e. The van der Waals surface area contributed by atoms with Crippen molar-refractivity contribution in [2.45, 2.75) is 13.0 Å². The Balaban J connectivity index is 2.14. The minimum absolute atomic E-state index is 0.00818. The average molecular weight is 219 g/mol. The molecule has 2 rings (SSSR count). The molecule has 0 fully saturated rings. The highest BCUT2D eigenvalue weighted by atomic mass is 16.5. The van der Waals surface area contributed by atoms with E-state index in [9.17, 15) is 0 Å². The molecule has 3 N–H and O–H groups in total. The summed E-state index contributed by atoms with van der Waals surface area (Å²) in [6, 6.07) is 7.50. The summed E-state index contributed by atoms with van der Waals surface area (Å²) in [5.74, 6) is 1.30. The van der Waals surface area contributed by atoms with E-state index >= 15 is 0 Å². The summed E-state index contributed by atoms with van der Waals surface area (Å²) in [7, 11) is 0. The van der Waals surface area contributed by atoms with E-state index in [2.05, 4.69) is 20.6 Å². The Morgan fingerprint density at radius 3 is 3.06 bits per heavy atom. The molecule has 1 unspecified atom stereocenters. The Labute approximate surface area is 92.8 Å². The van der Waals surface area contributed by atoms with Gasteiger partial charge >= 0.3 is 0 Å². The minimum atomic E-state index is 0.00818. The number of nitrogens with zero attached hydrogens (tertiary/aromatic N) is 3. The van der Waals surface area contributed by atoms with Gasteiger partial charge in [0.2, 0.25) is 5.82 Å². The number of benzene rings is 1. The van der Waals surface area contributed by atoms with Crippen LogP contribution in [-0.2, 0) is 0 Å². The van der Waals surface area contributed by atoms with Crippen LogP contribution < -0.4 is 10.5 Å². The molecule has 0 aliphatic heterocycles. The number of aromatic amines is 1. The third-order valence-electron chi connectivity index (χ3n) is 1.95. The highest BCUT2D eigenvalue weighted by molar-refractivity contribution is 5.56. The standard InChI is InChI=1S/C10H13N5O/c1-7(11)6-16-9-4-2-3-8(5-9)10-12-14-15-13-10/h2-5,7H,6,11H2,1H3,(H,12,13,14,15). The molecular weight excluding hydrogens is 206 g/mol. The average Bonchev–Trinajstić information content (AvgIpc) is 2.80. The zero-order chi connectivity index (χ0) is 11.4. The first-order chi connectivity index (χ1) is 7.75. The lowest BCUT2D eigenvalue weighted by Gasteiger charge is -2.08. The Hall–Kier alpha value is -1.95. The van der Waals surface area contributed by atoms with E-state index in [-0.39, 0.29) is 6.04 Å². The fraction of sp³-hybridized carbons (Fsp3) is 0.300. The number of aromatic nitrogens is 4. The van der Waals surface area contributed by atoms with Gasteiger partial charge in [-0.05, 0) is 24.3 Å².